The number of hydrogen-bond donors (Lipinski definition) is 2. The van der Waals surface area contributed by atoms with Crippen molar-refractivity contribution in [3.8, 4) is 0 Å². The molecule has 0 aromatic heterocycles. The van der Waals surface area contributed by atoms with Crippen molar-refractivity contribution in [2.75, 3.05) is 0 Å². The molecule has 3 rings (SSSR count). The van der Waals surface area contributed by atoms with E-state index in [4.69, 9.17) is 49.7 Å². The molecule has 0 saturated carbocycles. The van der Waals surface area contributed by atoms with Gasteiger partial charge in [0.05, 0.1) is 10.5 Å². The van der Waals surface area contributed by atoms with Crippen molar-refractivity contribution in [1.29, 1.82) is 0 Å². The molecule has 3 aromatic carbocycles. The van der Waals surface area contributed by atoms with Gasteiger partial charge in [-0.25, -0.2) is 0 Å². The van der Waals surface area contributed by atoms with Crippen LogP contribution in [-0.4, -0.2) is 9.73 Å². The molecule has 0 aliphatic rings. The minimum absolute atomic E-state index is 0.124. The van der Waals surface area contributed by atoms with E-state index in [1.165, 1.54) is 0 Å². The van der Waals surface area contributed by atoms with Crippen molar-refractivity contribution in [3.05, 3.63) is 107 Å². The minimum Gasteiger partial charge on any atom is -0.165 e. The van der Waals surface area contributed by atoms with Gasteiger partial charge in [0.2, 0.25) is 0 Å². The van der Waals surface area contributed by atoms with Crippen molar-refractivity contribution in [1.82, 2.24) is 0 Å². The van der Waals surface area contributed by atoms with Gasteiger partial charge in [-0.2, -0.15) is 25.3 Å². The summed E-state index contributed by atoms with van der Waals surface area (Å²) < 4.78 is 0. The van der Waals surface area contributed by atoms with Crippen molar-refractivity contribution in [3.63, 3.8) is 0 Å². The lowest BCUT2D eigenvalue weighted by Gasteiger charge is -2.16. The van der Waals surface area contributed by atoms with Crippen LogP contribution in [0.25, 0.3) is 0 Å². The SMILES string of the molecule is S=C(c1ccccc1)C(S)c1ccc(C(S)C(=S)c2ccccc2)cc1. The third-order valence-corrected chi connectivity index (χ3v) is 6.59. The minimum atomic E-state index is -0.124. The fraction of sp³-hybridized carbons (Fsp3) is 0.0909. The van der Waals surface area contributed by atoms with E-state index in [2.05, 4.69) is 24.3 Å². The molecule has 3 aromatic rings. The number of thiocarbonyl (C=S) groups is 2. The van der Waals surface area contributed by atoms with Gasteiger partial charge in [-0.05, 0) is 22.3 Å². The zero-order valence-electron chi connectivity index (χ0n) is 13.9. The highest BCUT2D eigenvalue weighted by Crippen LogP contribution is 2.30. The van der Waals surface area contributed by atoms with Crippen LogP contribution in [0.5, 0.6) is 0 Å². The van der Waals surface area contributed by atoms with Crippen molar-refractivity contribution in [2.24, 2.45) is 0 Å². The summed E-state index contributed by atoms with van der Waals surface area (Å²) in [6.45, 7) is 0. The predicted octanol–water partition coefficient (Wildman–Crippen LogP) is 6.46. The molecule has 4 heteroatoms. The maximum atomic E-state index is 5.60. The Morgan fingerprint density at radius 2 is 0.846 bits per heavy atom. The van der Waals surface area contributed by atoms with Crippen LogP contribution in [0, 0.1) is 0 Å². The normalized spacial score (nSPS) is 13.0. The average Bonchev–Trinajstić information content (AvgIpc) is 2.73. The van der Waals surface area contributed by atoms with Gasteiger partial charge >= 0.3 is 0 Å². The van der Waals surface area contributed by atoms with E-state index < -0.39 is 0 Å². The van der Waals surface area contributed by atoms with Crippen LogP contribution < -0.4 is 0 Å². The number of benzene rings is 3. The highest BCUT2D eigenvalue weighted by atomic mass is 32.1. The highest BCUT2D eigenvalue weighted by molar-refractivity contribution is 7.87. The lowest BCUT2D eigenvalue weighted by atomic mass is 9.99. The van der Waals surface area contributed by atoms with E-state index in [0.717, 1.165) is 32.0 Å². The Hall–Kier alpha value is -1.46. The van der Waals surface area contributed by atoms with E-state index in [-0.39, 0.29) is 10.5 Å². The molecule has 26 heavy (non-hydrogen) atoms. The quantitative estimate of drug-likeness (QED) is 0.272. The molecule has 0 saturated heterocycles. The van der Waals surface area contributed by atoms with Gasteiger partial charge in [-0.3, -0.25) is 0 Å². The predicted molar refractivity (Wildman–Crippen MR) is 126 cm³/mol. The van der Waals surface area contributed by atoms with E-state index in [9.17, 15) is 0 Å². The summed E-state index contributed by atoms with van der Waals surface area (Å²) in [6.07, 6.45) is 0. The number of rotatable bonds is 6. The molecule has 0 amide bonds. The van der Waals surface area contributed by atoms with Crippen LogP contribution in [0.4, 0.5) is 0 Å². The summed E-state index contributed by atoms with van der Waals surface area (Å²) in [5.74, 6) is 0. The Bertz CT molecular complexity index is 810. The fourth-order valence-corrected chi connectivity index (χ4v) is 3.87. The smallest absolute Gasteiger partial charge is 0.0624 e. The van der Waals surface area contributed by atoms with Crippen LogP contribution in [-0.2, 0) is 0 Å². The summed E-state index contributed by atoms with van der Waals surface area (Å²) in [4.78, 5) is 1.65. The molecule has 0 spiro atoms. The summed E-state index contributed by atoms with van der Waals surface area (Å²) in [5.41, 5.74) is 4.20. The average molecular weight is 411 g/mol. The standard InChI is InChI=1S/C22H18S4/c23-19(15-7-3-1-4-8-15)21(25)17-11-13-18(14-12-17)22(26)20(24)16-9-5-2-6-10-16/h1-14,21-22,25-26H. The molecule has 0 N–H and O–H groups in total. The van der Waals surface area contributed by atoms with Crippen LogP contribution in [0.1, 0.15) is 32.8 Å². The molecule has 0 radical (unpaired) electrons. The van der Waals surface area contributed by atoms with E-state index >= 15 is 0 Å². The van der Waals surface area contributed by atoms with Crippen LogP contribution in [0.3, 0.4) is 0 Å². The topological polar surface area (TPSA) is 0 Å². The zero-order valence-corrected chi connectivity index (χ0v) is 17.4. The fourth-order valence-electron chi connectivity index (χ4n) is 2.68. The van der Waals surface area contributed by atoms with E-state index in [1.54, 1.807) is 0 Å². The van der Waals surface area contributed by atoms with Crippen LogP contribution in [0.2, 0.25) is 0 Å². The largest absolute Gasteiger partial charge is 0.165 e. The summed E-state index contributed by atoms with van der Waals surface area (Å²) in [6, 6.07) is 28.2. The monoisotopic (exact) mass is 410 g/mol. The summed E-state index contributed by atoms with van der Waals surface area (Å²) in [7, 11) is 0. The second-order valence-corrected chi connectivity index (χ2v) is 7.84. The Kier molecular flexibility index (Phi) is 6.65. The third-order valence-electron chi connectivity index (χ3n) is 4.18. The van der Waals surface area contributed by atoms with Crippen molar-refractivity contribution >= 4 is 59.4 Å². The maximum Gasteiger partial charge on any atom is 0.0624 e. The van der Waals surface area contributed by atoms with Gasteiger partial charge in [-0.15, -0.1) is 0 Å². The number of thiol groups is 2. The Balaban J connectivity index is 1.76. The highest BCUT2D eigenvalue weighted by Gasteiger charge is 2.17. The second-order valence-electron chi connectivity index (χ2n) is 5.93. The molecular formula is C22H18S4. The Morgan fingerprint density at radius 1 is 0.538 bits per heavy atom. The molecular weight excluding hydrogens is 393 g/mol. The van der Waals surface area contributed by atoms with Crippen LogP contribution >= 0.6 is 49.7 Å². The molecule has 0 aliphatic heterocycles. The molecule has 0 aliphatic carbocycles. The second kappa shape index (κ2) is 8.96. The van der Waals surface area contributed by atoms with Gasteiger partial charge in [-0.1, -0.05) is 109 Å². The molecule has 0 fully saturated rings. The lowest BCUT2D eigenvalue weighted by Crippen LogP contribution is -2.08. The first-order valence-corrected chi connectivity index (χ1v) is 10.1. The zero-order chi connectivity index (χ0) is 18.5. The first-order valence-electron chi connectivity index (χ1n) is 8.22. The Labute approximate surface area is 176 Å². The van der Waals surface area contributed by atoms with Crippen LogP contribution in [0.15, 0.2) is 84.9 Å². The molecule has 130 valence electrons. The van der Waals surface area contributed by atoms with Gasteiger partial charge in [0.15, 0.2) is 0 Å². The molecule has 0 heterocycles. The van der Waals surface area contributed by atoms with E-state index in [1.807, 2.05) is 60.7 Å². The third kappa shape index (κ3) is 4.44. The van der Waals surface area contributed by atoms with Crippen molar-refractivity contribution < 1.29 is 0 Å². The molecule has 0 nitrogen and oxygen atoms in total. The summed E-state index contributed by atoms with van der Waals surface area (Å²) >= 11 is 20.7. The molecule has 2 unspecified atom stereocenters. The van der Waals surface area contributed by atoms with E-state index in [0.29, 0.717) is 0 Å². The first kappa shape index (κ1) is 19.3. The van der Waals surface area contributed by atoms with Gasteiger partial charge in [0.25, 0.3) is 0 Å². The Morgan fingerprint density at radius 3 is 1.15 bits per heavy atom. The first-order chi connectivity index (χ1) is 12.6. The maximum absolute atomic E-state index is 5.60. The number of hydrogen-bond acceptors (Lipinski definition) is 4. The van der Waals surface area contributed by atoms with Gasteiger partial charge in [0.1, 0.15) is 0 Å². The van der Waals surface area contributed by atoms with Gasteiger partial charge in [0, 0.05) is 9.73 Å². The summed E-state index contributed by atoms with van der Waals surface area (Å²) in [5, 5.41) is -0.248. The van der Waals surface area contributed by atoms with Gasteiger partial charge < -0.3 is 0 Å². The molecule has 2 atom stereocenters. The van der Waals surface area contributed by atoms with Crippen molar-refractivity contribution in [2.45, 2.75) is 10.5 Å². The lowest BCUT2D eigenvalue weighted by molar-refractivity contribution is 1.26. The molecule has 0 bridgehead atoms.